The number of hydrogen-bond donors (Lipinski definition) is 1. The summed E-state index contributed by atoms with van der Waals surface area (Å²) in [5.41, 5.74) is 7.63. The molecular formula is C29H30N4O3. The highest BCUT2D eigenvalue weighted by molar-refractivity contribution is 5.76. The van der Waals surface area contributed by atoms with Gasteiger partial charge in [-0.3, -0.25) is 4.98 Å². The Kier molecular flexibility index (Phi) is 6.98. The molecule has 1 N–H and O–H groups in total. The second-order valence-corrected chi connectivity index (χ2v) is 9.16. The van der Waals surface area contributed by atoms with Gasteiger partial charge in [0.2, 0.25) is 0 Å². The molecule has 1 atom stereocenters. The fourth-order valence-electron chi connectivity index (χ4n) is 4.79. The van der Waals surface area contributed by atoms with Crippen molar-refractivity contribution in [1.82, 2.24) is 20.2 Å². The van der Waals surface area contributed by atoms with Crippen LogP contribution in [-0.4, -0.2) is 34.1 Å². The molecule has 2 aromatic heterocycles. The molecule has 0 fully saturated rings. The van der Waals surface area contributed by atoms with Crippen LogP contribution in [0, 0.1) is 13.8 Å². The van der Waals surface area contributed by atoms with Crippen molar-refractivity contribution in [2.75, 3.05) is 13.2 Å². The van der Waals surface area contributed by atoms with Gasteiger partial charge in [0.25, 0.3) is 0 Å². The number of benzene rings is 2. The van der Waals surface area contributed by atoms with Crippen LogP contribution in [0.3, 0.4) is 0 Å². The van der Waals surface area contributed by atoms with E-state index in [-0.39, 0.29) is 12.1 Å². The van der Waals surface area contributed by atoms with Gasteiger partial charge >= 0.3 is 6.03 Å². The number of rotatable bonds is 7. The summed E-state index contributed by atoms with van der Waals surface area (Å²) in [5.74, 6) is 0.803. The summed E-state index contributed by atoms with van der Waals surface area (Å²) in [6, 6.07) is 16.3. The number of oxazole rings is 1. The number of nitrogens with one attached hydrogen (secondary N) is 1. The number of hydrogen-bond acceptors (Lipinski definition) is 5. The fourth-order valence-corrected chi connectivity index (χ4v) is 4.79. The van der Waals surface area contributed by atoms with Crippen LogP contribution >= 0.6 is 0 Å². The highest BCUT2D eigenvalue weighted by atomic mass is 16.5. The molecule has 0 saturated carbocycles. The Balaban J connectivity index is 1.42. The van der Waals surface area contributed by atoms with Crippen LogP contribution < -0.4 is 10.1 Å². The number of aryl methyl sites for hydroxylation is 2. The molecule has 1 unspecified atom stereocenters. The minimum Gasteiger partial charge on any atom is -0.493 e. The predicted molar refractivity (Wildman–Crippen MR) is 137 cm³/mol. The standard InChI is InChI=1S/C29H30N4O3/c1-20-5-8-26(21(2)14-20)28-27-15-25(36-13-10-22-4-3-11-30-16-22)7-6-23(27)9-12-33(28)29(34)31-17-24-18-35-19-32-24/h3-8,11,14-16,18-19,28H,9-10,12-13,17H2,1-2H3,(H,31,34). The molecule has 3 heterocycles. The minimum atomic E-state index is -0.214. The summed E-state index contributed by atoms with van der Waals surface area (Å²) in [5, 5.41) is 3.01. The van der Waals surface area contributed by atoms with E-state index in [9.17, 15) is 4.79 Å². The molecule has 5 rings (SSSR count). The van der Waals surface area contributed by atoms with Crippen molar-refractivity contribution >= 4 is 6.03 Å². The van der Waals surface area contributed by atoms with Crippen molar-refractivity contribution in [1.29, 1.82) is 0 Å². The fraction of sp³-hybridized carbons (Fsp3) is 0.276. The highest BCUT2D eigenvalue weighted by Gasteiger charge is 2.33. The topological polar surface area (TPSA) is 80.5 Å². The molecular weight excluding hydrogens is 452 g/mol. The van der Waals surface area contributed by atoms with Crippen molar-refractivity contribution in [2.24, 2.45) is 0 Å². The van der Waals surface area contributed by atoms with Gasteiger partial charge in [0.15, 0.2) is 6.39 Å². The Bertz CT molecular complexity index is 1320. The maximum absolute atomic E-state index is 13.4. The largest absolute Gasteiger partial charge is 0.493 e. The van der Waals surface area contributed by atoms with Crippen LogP contribution in [0.1, 0.15) is 45.1 Å². The molecule has 1 aliphatic heterocycles. The number of fused-ring (bicyclic) bond motifs is 1. The van der Waals surface area contributed by atoms with Gasteiger partial charge in [-0.2, -0.15) is 0 Å². The molecule has 2 aromatic carbocycles. The second kappa shape index (κ2) is 10.6. The predicted octanol–water partition coefficient (Wildman–Crippen LogP) is 5.17. The third-order valence-electron chi connectivity index (χ3n) is 6.61. The molecule has 0 saturated heterocycles. The Morgan fingerprint density at radius 2 is 2.08 bits per heavy atom. The zero-order valence-corrected chi connectivity index (χ0v) is 20.6. The molecule has 1 aliphatic rings. The second-order valence-electron chi connectivity index (χ2n) is 9.16. The highest BCUT2D eigenvalue weighted by Crippen LogP contribution is 2.38. The lowest BCUT2D eigenvalue weighted by Gasteiger charge is -2.38. The van der Waals surface area contributed by atoms with Gasteiger partial charge in [-0.25, -0.2) is 9.78 Å². The summed E-state index contributed by atoms with van der Waals surface area (Å²) in [4.78, 5) is 23.6. The van der Waals surface area contributed by atoms with Crippen LogP contribution in [0.4, 0.5) is 4.79 Å². The van der Waals surface area contributed by atoms with Crippen molar-refractivity contribution < 1.29 is 13.9 Å². The lowest BCUT2D eigenvalue weighted by atomic mass is 9.86. The number of carbonyl (C=O) groups is 1. The normalized spacial score (nSPS) is 14.8. The number of nitrogens with zero attached hydrogens (tertiary/aromatic N) is 3. The average Bonchev–Trinajstić information content (AvgIpc) is 3.41. The molecule has 0 spiro atoms. The zero-order chi connectivity index (χ0) is 24.9. The average molecular weight is 483 g/mol. The smallest absolute Gasteiger partial charge is 0.318 e. The van der Waals surface area contributed by atoms with E-state index in [1.165, 1.54) is 17.5 Å². The van der Waals surface area contributed by atoms with Crippen molar-refractivity contribution in [3.63, 3.8) is 0 Å². The summed E-state index contributed by atoms with van der Waals surface area (Å²) < 4.78 is 11.2. The first-order chi connectivity index (χ1) is 17.6. The van der Waals surface area contributed by atoms with E-state index in [4.69, 9.17) is 9.15 Å². The molecule has 4 aromatic rings. The summed E-state index contributed by atoms with van der Waals surface area (Å²) in [7, 11) is 0. The van der Waals surface area contributed by atoms with Gasteiger partial charge in [0.05, 0.1) is 24.9 Å². The van der Waals surface area contributed by atoms with E-state index < -0.39 is 0 Å². The first kappa shape index (κ1) is 23.6. The van der Waals surface area contributed by atoms with E-state index >= 15 is 0 Å². The van der Waals surface area contributed by atoms with Crippen LogP contribution in [-0.2, 0) is 19.4 Å². The molecule has 184 valence electrons. The Labute approximate surface area is 211 Å². The SMILES string of the molecule is Cc1ccc(C2c3cc(OCCc4cccnc4)ccc3CCN2C(=O)NCc2cocn2)c(C)c1. The molecule has 36 heavy (non-hydrogen) atoms. The van der Waals surface area contributed by atoms with Gasteiger partial charge in [-0.05, 0) is 66.3 Å². The summed E-state index contributed by atoms with van der Waals surface area (Å²) >= 11 is 0. The number of urea groups is 1. The number of carbonyl (C=O) groups excluding carboxylic acids is 1. The van der Waals surface area contributed by atoms with E-state index in [0.29, 0.717) is 25.4 Å². The zero-order valence-electron chi connectivity index (χ0n) is 20.6. The summed E-state index contributed by atoms with van der Waals surface area (Å²) in [6.07, 6.45) is 8.11. The third kappa shape index (κ3) is 5.25. The van der Waals surface area contributed by atoms with Crippen molar-refractivity contribution in [3.05, 3.63) is 113 Å². The lowest BCUT2D eigenvalue weighted by Crippen LogP contribution is -2.46. The maximum atomic E-state index is 13.4. The van der Waals surface area contributed by atoms with Gasteiger partial charge in [-0.1, -0.05) is 35.9 Å². The monoisotopic (exact) mass is 482 g/mol. The Hall–Kier alpha value is -4.13. The molecule has 7 heteroatoms. The van der Waals surface area contributed by atoms with Crippen LogP contribution in [0.5, 0.6) is 5.75 Å². The first-order valence-electron chi connectivity index (χ1n) is 12.2. The molecule has 0 radical (unpaired) electrons. The Morgan fingerprint density at radius 1 is 1.17 bits per heavy atom. The number of ether oxygens (including phenoxy) is 1. The molecule has 7 nitrogen and oxygen atoms in total. The van der Waals surface area contributed by atoms with E-state index in [1.807, 2.05) is 23.2 Å². The van der Waals surface area contributed by atoms with Crippen LogP contribution in [0.25, 0.3) is 0 Å². The van der Waals surface area contributed by atoms with Crippen molar-refractivity contribution in [2.45, 2.75) is 39.3 Å². The third-order valence-corrected chi connectivity index (χ3v) is 6.61. The maximum Gasteiger partial charge on any atom is 0.318 e. The lowest BCUT2D eigenvalue weighted by molar-refractivity contribution is 0.179. The van der Waals surface area contributed by atoms with E-state index in [1.54, 1.807) is 12.5 Å². The summed E-state index contributed by atoms with van der Waals surface area (Å²) in [6.45, 7) is 5.69. The van der Waals surface area contributed by atoms with E-state index in [0.717, 1.165) is 40.8 Å². The number of aromatic nitrogens is 2. The molecule has 0 aliphatic carbocycles. The minimum absolute atomic E-state index is 0.128. The van der Waals surface area contributed by atoms with Crippen molar-refractivity contribution in [3.8, 4) is 5.75 Å². The van der Waals surface area contributed by atoms with Crippen LogP contribution in [0.15, 0.2) is 78.0 Å². The first-order valence-corrected chi connectivity index (χ1v) is 12.2. The molecule has 2 amide bonds. The van der Waals surface area contributed by atoms with Gasteiger partial charge < -0.3 is 19.4 Å². The van der Waals surface area contributed by atoms with Gasteiger partial charge in [0.1, 0.15) is 12.0 Å². The molecule has 0 bridgehead atoms. The Morgan fingerprint density at radius 3 is 2.86 bits per heavy atom. The van der Waals surface area contributed by atoms with Gasteiger partial charge in [0, 0.05) is 25.4 Å². The van der Waals surface area contributed by atoms with E-state index in [2.05, 4.69) is 65.5 Å². The number of amides is 2. The van der Waals surface area contributed by atoms with Gasteiger partial charge in [-0.15, -0.1) is 0 Å². The van der Waals surface area contributed by atoms with Crippen LogP contribution in [0.2, 0.25) is 0 Å². The number of pyridine rings is 1. The quantitative estimate of drug-likeness (QED) is 0.393.